The van der Waals surface area contributed by atoms with E-state index in [1.807, 2.05) is 30.3 Å². The zero-order valence-corrected chi connectivity index (χ0v) is 11.5. The Balaban J connectivity index is 1.79. The molecule has 0 radical (unpaired) electrons. The van der Waals surface area contributed by atoms with Crippen molar-refractivity contribution < 1.29 is 9.21 Å². The van der Waals surface area contributed by atoms with E-state index in [1.54, 1.807) is 25.1 Å². The first-order chi connectivity index (χ1) is 10.1. The van der Waals surface area contributed by atoms with E-state index in [0.29, 0.717) is 22.7 Å². The zero-order chi connectivity index (χ0) is 14.8. The lowest BCUT2D eigenvalue weighted by Gasteiger charge is -2.12. The summed E-state index contributed by atoms with van der Waals surface area (Å²) in [5.41, 5.74) is 8.77. The highest BCUT2D eigenvalue weighted by Crippen LogP contribution is 2.20. The molecular formula is C16H15N3O2. The minimum Gasteiger partial charge on any atom is -0.441 e. The minimum absolute atomic E-state index is 0.263. The lowest BCUT2D eigenvalue weighted by Crippen LogP contribution is -2.27. The Hall–Kier alpha value is -2.66. The number of nitrogens with zero attached hydrogens (tertiary/aromatic N) is 1. The van der Waals surface area contributed by atoms with E-state index in [1.165, 1.54) is 0 Å². The Morgan fingerprint density at radius 3 is 2.76 bits per heavy atom. The normalized spacial score (nSPS) is 12.3. The van der Waals surface area contributed by atoms with Crippen LogP contribution in [-0.2, 0) is 4.79 Å². The molecule has 21 heavy (non-hydrogen) atoms. The summed E-state index contributed by atoms with van der Waals surface area (Å²) in [7, 11) is 0. The molecule has 0 bridgehead atoms. The number of fused-ring (bicyclic) bond motifs is 1. The van der Waals surface area contributed by atoms with Crippen molar-refractivity contribution >= 4 is 22.7 Å². The van der Waals surface area contributed by atoms with Crippen LogP contribution in [0.4, 0.5) is 5.69 Å². The van der Waals surface area contributed by atoms with E-state index >= 15 is 0 Å². The summed E-state index contributed by atoms with van der Waals surface area (Å²) in [6, 6.07) is 13.8. The van der Waals surface area contributed by atoms with Crippen LogP contribution >= 0.6 is 0 Å². The van der Waals surface area contributed by atoms with Gasteiger partial charge >= 0.3 is 0 Å². The predicted octanol–water partition coefficient (Wildman–Crippen LogP) is 2.77. The number of hydrogen-bond acceptors (Lipinski definition) is 4. The molecule has 3 N–H and O–H groups in total. The smallest absolute Gasteiger partial charge is 0.245 e. The molecule has 1 atom stereocenters. The van der Waals surface area contributed by atoms with Gasteiger partial charge in [0.1, 0.15) is 11.6 Å². The van der Waals surface area contributed by atoms with Gasteiger partial charge in [0, 0.05) is 12.6 Å². The molecule has 5 heteroatoms. The fourth-order valence-electron chi connectivity index (χ4n) is 2.15. The summed E-state index contributed by atoms with van der Waals surface area (Å²) < 4.78 is 5.40. The summed E-state index contributed by atoms with van der Waals surface area (Å²) in [5, 5.41) is 2.80. The van der Waals surface area contributed by atoms with E-state index in [9.17, 15) is 4.79 Å². The maximum absolute atomic E-state index is 12.2. The number of aromatic nitrogens is 1. The van der Waals surface area contributed by atoms with Crippen molar-refractivity contribution in [1.29, 1.82) is 0 Å². The van der Waals surface area contributed by atoms with E-state index in [0.717, 1.165) is 5.56 Å². The molecule has 0 aliphatic heterocycles. The van der Waals surface area contributed by atoms with E-state index in [-0.39, 0.29) is 5.91 Å². The number of carbonyl (C=O) groups excluding carboxylic acids is 1. The van der Waals surface area contributed by atoms with E-state index in [2.05, 4.69) is 10.3 Å². The summed E-state index contributed by atoms with van der Waals surface area (Å²) in [6.45, 7) is 1.78. The average molecular weight is 281 g/mol. The topological polar surface area (TPSA) is 81.2 Å². The summed E-state index contributed by atoms with van der Waals surface area (Å²) in [4.78, 5) is 16.4. The highest BCUT2D eigenvalue weighted by molar-refractivity contribution is 5.96. The van der Waals surface area contributed by atoms with Gasteiger partial charge in [0.05, 0.1) is 0 Å². The molecule has 106 valence electrons. The number of nitrogens with one attached hydrogen (secondary N) is 1. The molecule has 1 heterocycles. The first-order valence-corrected chi connectivity index (χ1v) is 6.62. The van der Waals surface area contributed by atoms with Crippen LogP contribution in [0.5, 0.6) is 0 Å². The van der Waals surface area contributed by atoms with Crippen LogP contribution in [0, 0.1) is 6.92 Å². The first kappa shape index (κ1) is 13.3. The van der Waals surface area contributed by atoms with Crippen molar-refractivity contribution in [2.75, 3.05) is 5.32 Å². The van der Waals surface area contributed by atoms with Crippen LogP contribution in [0.2, 0.25) is 0 Å². The second-order valence-corrected chi connectivity index (χ2v) is 4.79. The van der Waals surface area contributed by atoms with Crippen LogP contribution in [0.3, 0.4) is 0 Å². The van der Waals surface area contributed by atoms with Crippen LogP contribution in [-0.4, -0.2) is 10.9 Å². The molecule has 0 aliphatic carbocycles. The highest BCUT2D eigenvalue weighted by atomic mass is 16.3. The van der Waals surface area contributed by atoms with Gasteiger partial charge in [-0.15, -0.1) is 0 Å². The summed E-state index contributed by atoms with van der Waals surface area (Å²) in [5.74, 6) is 0.329. The number of amides is 1. The fourth-order valence-corrected chi connectivity index (χ4v) is 2.15. The Morgan fingerprint density at radius 1 is 1.24 bits per heavy atom. The lowest BCUT2D eigenvalue weighted by atomic mass is 10.1. The second kappa shape index (κ2) is 5.38. The average Bonchev–Trinajstić information content (AvgIpc) is 2.86. The third-order valence-corrected chi connectivity index (χ3v) is 3.20. The second-order valence-electron chi connectivity index (χ2n) is 4.79. The molecule has 0 spiro atoms. The predicted molar refractivity (Wildman–Crippen MR) is 80.7 cm³/mol. The van der Waals surface area contributed by atoms with Gasteiger partial charge in [0.2, 0.25) is 5.91 Å². The third-order valence-electron chi connectivity index (χ3n) is 3.20. The van der Waals surface area contributed by atoms with Crippen LogP contribution in [0.1, 0.15) is 17.5 Å². The van der Waals surface area contributed by atoms with Gasteiger partial charge in [-0.1, -0.05) is 30.3 Å². The molecule has 1 unspecified atom stereocenters. The van der Waals surface area contributed by atoms with Crippen molar-refractivity contribution in [3.63, 3.8) is 0 Å². The molecular weight excluding hydrogens is 266 g/mol. The SMILES string of the molecule is Cc1nc2cc(NC(=O)C(N)c3ccccc3)ccc2o1. The Bertz CT molecular complexity index is 781. The highest BCUT2D eigenvalue weighted by Gasteiger charge is 2.16. The van der Waals surface area contributed by atoms with Gasteiger partial charge in [-0.3, -0.25) is 4.79 Å². The zero-order valence-electron chi connectivity index (χ0n) is 11.5. The number of rotatable bonds is 3. The van der Waals surface area contributed by atoms with E-state index in [4.69, 9.17) is 10.2 Å². The number of anilines is 1. The largest absolute Gasteiger partial charge is 0.441 e. The van der Waals surface area contributed by atoms with Crippen molar-refractivity contribution in [2.45, 2.75) is 13.0 Å². The maximum Gasteiger partial charge on any atom is 0.245 e. The van der Waals surface area contributed by atoms with Gasteiger partial charge in [-0.05, 0) is 23.8 Å². The molecule has 2 aromatic carbocycles. The Kier molecular flexibility index (Phi) is 3.41. The van der Waals surface area contributed by atoms with Gasteiger partial charge in [0.15, 0.2) is 11.5 Å². The van der Waals surface area contributed by atoms with Crippen molar-refractivity contribution in [3.05, 3.63) is 60.0 Å². The minimum atomic E-state index is -0.707. The third kappa shape index (κ3) is 2.78. The molecule has 0 aliphatic rings. The van der Waals surface area contributed by atoms with Crippen molar-refractivity contribution in [2.24, 2.45) is 5.73 Å². The molecule has 3 aromatic rings. The molecule has 1 amide bonds. The number of nitrogens with two attached hydrogens (primary N) is 1. The van der Waals surface area contributed by atoms with Crippen molar-refractivity contribution in [3.8, 4) is 0 Å². The first-order valence-electron chi connectivity index (χ1n) is 6.62. The monoisotopic (exact) mass is 281 g/mol. The van der Waals surface area contributed by atoms with Gasteiger partial charge in [-0.2, -0.15) is 0 Å². The number of benzene rings is 2. The summed E-state index contributed by atoms with van der Waals surface area (Å²) in [6.07, 6.45) is 0. The Labute approximate surface area is 121 Å². The number of oxazole rings is 1. The van der Waals surface area contributed by atoms with Gasteiger partial charge in [0.25, 0.3) is 0 Å². The van der Waals surface area contributed by atoms with E-state index < -0.39 is 6.04 Å². The molecule has 0 fully saturated rings. The van der Waals surface area contributed by atoms with Gasteiger partial charge < -0.3 is 15.5 Å². The van der Waals surface area contributed by atoms with Crippen LogP contribution < -0.4 is 11.1 Å². The number of aryl methyl sites for hydroxylation is 1. The summed E-state index contributed by atoms with van der Waals surface area (Å²) >= 11 is 0. The molecule has 1 aromatic heterocycles. The fraction of sp³-hybridized carbons (Fsp3) is 0.125. The quantitative estimate of drug-likeness (QED) is 0.773. The van der Waals surface area contributed by atoms with Crippen LogP contribution in [0.25, 0.3) is 11.1 Å². The lowest BCUT2D eigenvalue weighted by molar-refractivity contribution is -0.117. The maximum atomic E-state index is 12.2. The number of carbonyl (C=O) groups is 1. The number of hydrogen-bond donors (Lipinski definition) is 2. The Morgan fingerprint density at radius 2 is 2.00 bits per heavy atom. The van der Waals surface area contributed by atoms with Gasteiger partial charge in [-0.25, -0.2) is 4.98 Å². The molecule has 3 rings (SSSR count). The standard InChI is InChI=1S/C16H15N3O2/c1-10-18-13-9-12(7-8-14(13)21-10)19-16(20)15(17)11-5-3-2-4-6-11/h2-9,15H,17H2,1H3,(H,19,20). The van der Waals surface area contributed by atoms with Crippen LogP contribution in [0.15, 0.2) is 52.9 Å². The molecule has 0 saturated carbocycles. The molecule has 0 saturated heterocycles. The molecule has 5 nitrogen and oxygen atoms in total. The van der Waals surface area contributed by atoms with Crippen molar-refractivity contribution in [1.82, 2.24) is 4.98 Å².